The first-order valence-electron chi connectivity index (χ1n) is 5.96. The summed E-state index contributed by atoms with van der Waals surface area (Å²) in [5.74, 6) is 0. The van der Waals surface area contributed by atoms with Crippen LogP contribution in [0.4, 0.5) is 5.69 Å². The lowest BCUT2D eigenvalue weighted by Gasteiger charge is -1.96. The Morgan fingerprint density at radius 2 is 1.74 bits per heavy atom. The SMILES string of the molecule is Cc1ccc(N=C(S)C=CSc2ccccc2)cc1. The molecule has 2 rings (SSSR count). The molecule has 0 bridgehead atoms. The highest BCUT2D eigenvalue weighted by atomic mass is 32.2. The van der Waals surface area contributed by atoms with Crippen molar-refractivity contribution in [3.05, 3.63) is 71.6 Å². The van der Waals surface area contributed by atoms with Gasteiger partial charge >= 0.3 is 0 Å². The maximum atomic E-state index is 4.41. The summed E-state index contributed by atoms with van der Waals surface area (Å²) < 4.78 is 0. The smallest absolute Gasteiger partial charge is 0.0941 e. The third kappa shape index (κ3) is 4.97. The molecule has 2 aromatic rings. The van der Waals surface area contributed by atoms with E-state index in [0.29, 0.717) is 5.04 Å². The van der Waals surface area contributed by atoms with E-state index in [2.05, 4.69) is 36.7 Å². The van der Waals surface area contributed by atoms with Gasteiger partial charge in [0.15, 0.2) is 0 Å². The molecule has 0 N–H and O–H groups in total. The van der Waals surface area contributed by atoms with Crippen LogP contribution in [0.25, 0.3) is 0 Å². The van der Waals surface area contributed by atoms with Crippen LogP contribution in [0.15, 0.2) is 76.0 Å². The van der Waals surface area contributed by atoms with Crippen LogP contribution in [0, 0.1) is 6.92 Å². The van der Waals surface area contributed by atoms with E-state index in [9.17, 15) is 0 Å². The number of benzene rings is 2. The zero-order valence-corrected chi connectivity index (χ0v) is 12.4. The Morgan fingerprint density at radius 3 is 2.42 bits per heavy atom. The van der Waals surface area contributed by atoms with Crippen LogP contribution >= 0.6 is 24.4 Å². The molecule has 0 aliphatic carbocycles. The predicted octanol–water partition coefficient (Wildman–Crippen LogP) is 5.26. The lowest BCUT2D eigenvalue weighted by molar-refractivity contribution is 1.44. The van der Waals surface area contributed by atoms with Crippen molar-refractivity contribution in [2.75, 3.05) is 0 Å². The summed E-state index contributed by atoms with van der Waals surface area (Å²) in [6, 6.07) is 18.3. The quantitative estimate of drug-likeness (QED) is 0.350. The number of rotatable bonds is 4. The van der Waals surface area contributed by atoms with Gasteiger partial charge in [-0.15, -0.1) is 12.6 Å². The van der Waals surface area contributed by atoms with Gasteiger partial charge in [0, 0.05) is 4.90 Å². The number of aryl methyl sites for hydroxylation is 1. The van der Waals surface area contributed by atoms with Crippen LogP contribution in [0.2, 0.25) is 0 Å². The third-order valence-electron chi connectivity index (χ3n) is 2.44. The fourth-order valence-electron chi connectivity index (χ4n) is 1.46. The van der Waals surface area contributed by atoms with Gasteiger partial charge < -0.3 is 0 Å². The Morgan fingerprint density at radius 1 is 1.05 bits per heavy atom. The van der Waals surface area contributed by atoms with Crippen LogP contribution in [0.5, 0.6) is 0 Å². The van der Waals surface area contributed by atoms with Gasteiger partial charge in [-0.1, -0.05) is 47.7 Å². The van der Waals surface area contributed by atoms with Gasteiger partial charge in [-0.3, -0.25) is 0 Å². The average Bonchev–Trinajstić information content (AvgIpc) is 2.43. The van der Waals surface area contributed by atoms with E-state index in [0.717, 1.165) is 5.69 Å². The van der Waals surface area contributed by atoms with Crippen LogP contribution in [0.3, 0.4) is 0 Å². The molecule has 2 aromatic carbocycles. The molecule has 0 heterocycles. The highest BCUT2D eigenvalue weighted by molar-refractivity contribution is 8.02. The zero-order valence-electron chi connectivity index (χ0n) is 10.7. The molecule has 0 atom stereocenters. The van der Waals surface area contributed by atoms with Crippen molar-refractivity contribution in [2.45, 2.75) is 11.8 Å². The standard InChI is InChI=1S/C16H15NS2/c1-13-7-9-14(10-8-13)17-16(18)11-12-19-15-5-3-2-4-6-15/h2-12H,1H3,(H,17,18). The fraction of sp³-hybridized carbons (Fsp3) is 0.0625. The molecule has 0 saturated heterocycles. The molecular formula is C16H15NS2. The van der Waals surface area contributed by atoms with Gasteiger partial charge in [-0.2, -0.15) is 0 Å². The van der Waals surface area contributed by atoms with Crippen molar-refractivity contribution in [1.29, 1.82) is 0 Å². The maximum Gasteiger partial charge on any atom is 0.0941 e. The molecule has 0 aliphatic heterocycles. The lowest BCUT2D eigenvalue weighted by atomic mass is 10.2. The predicted molar refractivity (Wildman–Crippen MR) is 88.7 cm³/mol. The van der Waals surface area contributed by atoms with Gasteiger partial charge in [0.25, 0.3) is 0 Å². The van der Waals surface area contributed by atoms with E-state index in [4.69, 9.17) is 0 Å². The monoisotopic (exact) mass is 285 g/mol. The Balaban J connectivity index is 1.96. The minimum atomic E-state index is 0.701. The second-order valence-electron chi connectivity index (χ2n) is 4.04. The highest BCUT2D eigenvalue weighted by Gasteiger charge is 1.91. The summed E-state index contributed by atoms with van der Waals surface area (Å²) in [7, 11) is 0. The van der Waals surface area contributed by atoms with Crippen molar-refractivity contribution < 1.29 is 0 Å². The summed E-state index contributed by atoms with van der Waals surface area (Å²) in [5, 5.41) is 2.70. The van der Waals surface area contributed by atoms with Crippen molar-refractivity contribution >= 4 is 35.1 Å². The summed E-state index contributed by atoms with van der Waals surface area (Å²) >= 11 is 6.02. The lowest BCUT2D eigenvalue weighted by Crippen LogP contribution is -1.78. The number of hydrogen-bond acceptors (Lipinski definition) is 2. The van der Waals surface area contributed by atoms with E-state index in [1.165, 1.54) is 10.5 Å². The van der Waals surface area contributed by atoms with Crippen molar-refractivity contribution in [3.8, 4) is 0 Å². The molecule has 96 valence electrons. The minimum Gasteiger partial charge on any atom is -0.242 e. The molecule has 0 radical (unpaired) electrons. The third-order valence-corrected chi connectivity index (χ3v) is 3.51. The zero-order chi connectivity index (χ0) is 13.5. The molecule has 3 heteroatoms. The molecular weight excluding hydrogens is 270 g/mol. The molecule has 0 fully saturated rings. The number of hydrogen-bond donors (Lipinski definition) is 1. The first-order chi connectivity index (χ1) is 9.24. The van der Waals surface area contributed by atoms with E-state index in [1.807, 2.05) is 53.9 Å². The number of nitrogens with zero attached hydrogens (tertiary/aromatic N) is 1. The summed E-state index contributed by atoms with van der Waals surface area (Å²) in [5.41, 5.74) is 2.15. The Kier molecular flexibility index (Phi) is 5.31. The highest BCUT2D eigenvalue weighted by Crippen LogP contribution is 2.19. The van der Waals surface area contributed by atoms with E-state index in [-0.39, 0.29) is 0 Å². The summed E-state index contributed by atoms with van der Waals surface area (Å²) in [6.07, 6.45) is 1.90. The minimum absolute atomic E-state index is 0.701. The first kappa shape index (κ1) is 14.0. The molecule has 1 nitrogen and oxygen atoms in total. The van der Waals surface area contributed by atoms with Gasteiger partial charge in [0.1, 0.15) is 0 Å². The van der Waals surface area contributed by atoms with Crippen LogP contribution < -0.4 is 0 Å². The van der Waals surface area contributed by atoms with Crippen molar-refractivity contribution in [3.63, 3.8) is 0 Å². The van der Waals surface area contributed by atoms with Gasteiger partial charge in [-0.25, -0.2) is 4.99 Å². The molecule has 0 aromatic heterocycles. The van der Waals surface area contributed by atoms with Crippen molar-refractivity contribution in [1.82, 2.24) is 0 Å². The molecule has 0 spiro atoms. The topological polar surface area (TPSA) is 12.4 Å². The first-order valence-corrected chi connectivity index (χ1v) is 7.29. The largest absolute Gasteiger partial charge is 0.242 e. The number of aliphatic imine (C=N–C) groups is 1. The Labute approximate surface area is 123 Å². The summed E-state index contributed by atoms with van der Waals surface area (Å²) in [6.45, 7) is 2.06. The van der Waals surface area contributed by atoms with E-state index in [1.54, 1.807) is 11.8 Å². The Hall–Kier alpha value is -1.45. The van der Waals surface area contributed by atoms with Gasteiger partial charge in [0.05, 0.1) is 10.7 Å². The number of thiol groups is 1. The molecule has 0 saturated carbocycles. The second-order valence-corrected chi connectivity index (χ2v) is 5.48. The fourth-order valence-corrected chi connectivity index (χ4v) is 2.42. The number of thioether (sulfide) groups is 1. The van der Waals surface area contributed by atoms with Crippen LogP contribution in [0.1, 0.15) is 5.56 Å². The molecule has 0 amide bonds. The normalized spacial score (nSPS) is 12.0. The van der Waals surface area contributed by atoms with Gasteiger partial charge in [0.2, 0.25) is 0 Å². The van der Waals surface area contributed by atoms with E-state index < -0.39 is 0 Å². The van der Waals surface area contributed by atoms with Crippen molar-refractivity contribution in [2.24, 2.45) is 4.99 Å². The van der Waals surface area contributed by atoms with Crippen LogP contribution in [-0.2, 0) is 0 Å². The van der Waals surface area contributed by atoms with Gasteiger partial charge in [-0.05, 0) is 42.7 Å². The maximum absolute atomic E-state index is 4.41. The van der Waals surface area contributed by atoms with Crippen LogP contribution in [-0.4, -0.2) is 5.04 Å². The molecule has 0 aliphatic rings. The molecule has 19 heavy (non-hydrogen) atoms. The second kappa shape index (κ2) is 7.22. The molecule has 0 unspecified atom stereocenters. The summed E-state index contributed by atoms with van der Waals surface area (Å²) in [4.78, 5) is 5.62. The average molecular weight is 285 g/mol. The Bertz CT molecular complexity index is 571. The van der Waals surface area contributed by atoms with E-state index >= 15 is 0 Å².